The topological polar surface area (TPSA) is 84.9 Å². The van der Waals surface area contributed by atoms with Crippen LogP contribution < -0.4 is 5.32 Å². The molecule has 2 heterocycles. The number of carbonyl (C=O) groups is 3. The molecule has 1 aromatic heterocycles. The fourth-order valence-corrected chi connectivity index (χ4v) is 4.40. The van der Waals surface area contributed by atoms with E-state index >= 15 is 0 Å². The van der Waals surface area contributed by atoms with Crippen LogP contribution in [0.4, 0.5) is 9.80 Å². The number of aryl methyl sites for hydroxylation is 2. The zero-order valence-electron chi connectivity index (χ0n) is 16.3. The van der Waals surface area contributed by atoms with Gasteiger partial charge >= 0.3 is 12.1 Å². The third-order valence-electron chi connectivity index (χ3n) is 4.88. The molecule has 0 radical (unpaired) electrons. The van der Waals surface area contributed by atoms with Gasteiger partial charge in [-0.2, -0.15) is 0 Å². The first kappa shape index (κ1) is 19.9. The molecule has 148 valence electrons. The van der Waals surface area contributed by atoms with Crippen LogP contribution in [0.5, 0.6) is 0 Å². The molecule has 2 amide bonds. The van der Waals surface area contributed by atoms with E-state index in [1.807, 2.05) is 26.0 Å². The number of amides is 2. The molecule has 0 aliphatic carbocycles. The molecule has 0 unspecified atom stereocenters. The summed E-state index contributed by atoms with van der Waals surface area (Å²) >= 11 is 1.29. The number of carbonyl (C=O) groups excluding carboxylic acids is 3. The molecule has 1 aromatic carbocycles. The van der Waals surface area contributed by atoms with E-state index in [4.69, 9.17) is 9.47 Å². The van der Waals surface area contributed by atoms with E-state index in [1.165, 1.54) is 25.6 Å². The number of hydrogen-bond acceptors (Lipinski definition) is 6. The summed E-state index contributed by atoms with van der Waals surface area (Å²) in [7, 11) is 2.65. The minimum Gasteiger partial charge on any atom is -0.465 e. The number of esters is 1. The van der Waals surface area contributed by atoms with Crippen LogP contribution >= 0.6 is 11.3 Å². The first-order valence-corrected chi connectivity index (χ1v) is 9.61. The zero-order valence-corrected chi connectivity index (χ0v) is 17.1. The lowest BCUT2D eigenvalue weighted by Crippen LogP contribution is -2.35. The average Bonchev–Trinajstić information content (AvgIpc) is 3.05. The van der Waals surface area contributed by atoms with Crippen LogP contribution in [0.15, 0.2) is 18.2 Å². The average molecular weight is 402 g/mol. The molecule has 7 nitrogen and oxygen atoms in total. The summed E-state index contributed by atoms with van der Waals surface area (Å²) in [5.41, 5.74) is 3.80. The minimum atomic E-state index is -0.501. The highest BCUT2D eigenvalue weighted by molar-refractivity contribution is 7.17. The van der Waals surface area contributed by atoms with Crippen LogP contribution in [-0.2, 0) is 22.4 Å². The third-order valence-corrected chi connectivity index (χ3v) is 6.01. The number of hydrogen-bond donors (Lipinski definition) is 1. The predicted molar refractivity (Wildman–Crippen MR) is 106 cm³/mol. The lowest BCUT2D eigenvalue weighted by Gasteiger charge is -2.25. The molecule has 1 aliphatic heterocycles. The molecule has 1 N–H and O–H groups in total. The van der Waals surface area contributed by atoms with Crippen molar-refractivity contribution in [2.75, 3.05) is 26.1 Å². The number of anilines is 1. The van der Waals surface area contributed by atoms with Crippen molar-refractivity contribution in [3.05, 3.63) is 50.9 Å². The second-order valence-electron chi connectivity index (χ2n) is 6.59. The SMILES string of the molecule is COC(=O)c1c(NC(=O)c2ccc(C)c(C)c2)sc2c1CCN(C(=O)OC)C2. The highest BCUT2D eigenvalue weighted by Gasteiger charge is 2.31. The maximum absolute atomic E-state index is 12.7. The van der Waals surface area contributed by atoms with Crippen molar-refractivity contribution in [1.29, 1.82) is 0 Å². The maximum atomic E-state index is 12.7. The zero-order chi connectivity index (χ0) is 20.4. The van der Waals surface area contributed by atoms with Gasteiger partial charge in [-0.15, -0.1) is 11.3 Å². The predicted octanol–water partition coefficient (Wildman–Crippen LogP) is 3.53. The number of nitrogens with one attached hydrogen (secondary N) is 1. The third kappa shape index (κ3) is 3.73. The Hall–Kier alpha value is -2.87. The van der Waals surface area contributed by atoms with E-state index in [0.717, 1.165) is 21.6 Å². The molecule has 1 aliphatic rings. The smallest absolute Gasteiger partial charge is 0.409 e. The van der Waals surface area contributed by atoms with E-state index in [1.54, 1.807) is 11.0 Å². The first-order chi connectivity index (χ1) is 13.3. The lowest BCUT2D eigenvalue weighted by atomic mass is 10.0. The Morgan fingerprint density at radius 2 is 1.86 bits per heavy atom. The van der Waals surface area contributed by atoms with Crippen LogP contribution in [0.25, 0.3) is 0 Å². The van der Waals surface area contributed by atoms with Gasteiger partial charge in [0.2, 0.25) is 0 Å². The number of nitrogens with zero attached hydrogens (tertiary/aromatic N) is 1. The summed E-state index contributed by atoms with van der Waals surface area (Å²) in [6, 6.07) is 5.45. The highest BCUT2D eigenvalue weighted by atomic mass is 32.1. The van der Waals surface area contributed by atoms with Gasteiger partial charge in [0, 0.05) is 17.0 Å². The molecule has 0 spiro atoms. The summed E-state index contributed by atoms with van der Waals surface area (Å²) in [6.07, 6.45) is 0.0737. The van der Waals surface area contributed by atoms with E-state index < -0.39 is 12.1 Å². The second kappa shape index (κ2) is 8.02. The number of ether oxygens (including phenoxy) is 2. The Morgan fingerprint density at radius 1 is 1.11 bits per heavy atom. The van der Waals surface area contributed by atoms with Gasteiger partial charge < -0.3 is 19.7 Å². The molecule has 28 heavy (non-hydrogen) atoms. The number of methoxy groups -OCH3 is 2. The maximum Gasteiger partial charge on any atom is 0.409 e. The van der Waals surface area contributed by atoms with Crippen molar-refractivity contribution in [1.82, 2.24) is 4.90 Å². The summed E-state index contributed by atoms with van der Waals surface area (Å²) in [5, 5.41) is 3.28. The molecule has 3 rings (SSSR count). The number of thiophene rings is 1. The van der Waals surface area contributed by atoms with Gasteiger partial charge in [0.15, 0.2) is 0 Å². The van der Waals surface area contributed by atoms with E-state index in [2.05, 4.69) is 5.32 Å². The minimum absolute atomic E-state index is 0.295. The molecular weight excluding hydrogens is 380 g/mol. The van der Waals surface area contributed by atoms with Crippen LogP contribution in [-0.4, -0.2) is 43.6 Å². The van der Waals surface area contributed by atoms with Crippen LogP contribution in [0, 0.1) is 13.8 Å². The van der Waals surface area contributed by atoms with Crippen molar-refractivity contribution >= 4 is 34.3 Å². The van der Waals surface area contributed by atoms with E-state index in [9.17, 15) is 14.4 Å². The van der Waals surface area contributed by atoms with Crippen molar-refractivity contribution in [2.24, 2.45) is 0 Å². The Kier molecular flexibility index (Phi) is 5.69. The number of fused-ring (bicyclic) bond motifs is 1. The molecule has 2 aromatic rings. The van der Waals surface area contributed by atoms with Gasteiger partial charge in [-0.25, -0.2) is 9.59 Å². The molecule has 8 heteroatoms. The van der Waals surface area contributed by atoms with Gasteiger partial charge in [-0.1, -0.05) is 6.07 Å². The normalized spacial score (nSPS) is 12.9. The Morgan fingerprint density at radius 3 is 2.50 bits per heavy atom. The van der Waals surface area contributed by atoms with E-state index in [-0.39, 0.29) is 5.91 Å². The van der Waals surface area contributed by atoms with Crippen molar-refractivity contribution in [3.63, 3.8) is 0 Å². The summed E-state index contributed by atoms with van der Waals surface area (Å²) < 4.78 is 9.71. The largest absolute Gasteiger partial charge is 0.465 e. The quantitative estimate of drug-likeness (QED) is 0.794. The summed E-state index contributed by atoms with van der Waals surface area (Å²) in [6.45, 7) is 4.69. The summed E-state index contributed by atoms with van der Waals surface area (Å²) in [4.78, 5) is 39.3. The number of rotatable bonds is 3. The molecule has 0 atom stereocenters. The second-order valence-corrected chi connectivity index (χ2v) is 7.70. The van der Waals surface area contributed by atoms with Gasteiger partial charge in [0.25, 0.3) is 5.91 Å². The molecule has 0 saturated heterocycles. The Bertz CT molecular complexity index is 950. The lowest BCUT2D eigenvalue weighted by molar-refractivity contribution is 0.0600. The monoisotopic (exact) mass is 402 g/mol. The molecule has 0 saturated carbocycles. The van der Waals surface area contributed by atoms with Gasteiger partial charge in [-0.05, 0) is 49.1 Å². The molecule has 0 bridgehead atoms. The molecule has 0 fully saturated rings. The Labute approximate surface area is 167 Å². The van der Waals surface area contributed by atoms with Crippen LogP contribution in [0.3, 0.4) is 0 Å². The molecular formula is C20H22N2O5S. The summed E-state index contributed by atoms with van der Waals surface area (Å²) in [5.74, 6) is -0.795. The van der Waals surface area contributed by atoms with Gasteiger partial charge in [0.1, 0.15) is 5.00 Å². The Balaban J connectivity index is 1.93. The highest BCUT2D eigenvalue weighted by Crippen LogP contribution is 2.38. The van der Waals surface area contributed by atoms with Crippen LogP contribution in [0.1, 0.15) is 42.3 Å². The van der Waals surface area contributed by atoms with Crippen molar-refractivity contribution in [3.8, 4) is 0 Å². The van der Waals surface area contributed by atoms with E-state index in [0.29, 0.717) is 35.6 Å². The van der Waals surface area contributed by atoms with Crippen LogP contribution in [0.2, 0.25) is 0 Å². The van der Waals surface area contributed by atoms with Gasteiger partial charge in [-0.3, -0.25) is 4.79 Å². The first-order valence-electron chi connectivity index (χ1n) is 8.80. The van der Waals surface area contributed by atoms with Crippen molar-refractivity contribution < 1.29 is 23.9 Å². The fourth-order valence-electron chi connectivity index (χ4n) is 3.15. The van der Waals surface area contributed by atoms with Crippen molar-refractivity contribution in [2.45, 2.75) is 26.8 Å². The van der Waals surface area contributed by atoms with Gasteiger partial charge in [0.05, 0.1) is 26.3 Å². The fraction of sp³-hybridized carbons (Fsp3) is 0.350. The number of benzene rings is 1. The standard InChI is InChI=1S/C20H22N2O5S/c1-11-5-6-13(9-12(11)2)17(23)21-18-16(19(24)26-3)14-7-8-22(20(25)27-4)10-15(14)28-18/h5-6,9H,7-8,10H2,1-4H3,(H,21,23).